The predicted molar refractivity (Wildman–Crippen MR) is 87.9 cm³/mol. The number of aryl methyl sites for hydroxylation is 1. The Morgan fingerprint density at radius 2 is 1.96 bits per heavy atom. The SMILES string of the molecule is CNS(=O)(=O)c1ccc(S(=O)(=O)N2CC(CN)CC2C)cc1C. The van der Waals surface area contributed by atoms with Gasteiger partial charge in [0, 0.05) is 12.6 Å². The van der Waals surface area contributed by atoms with Crippen LogP contribution in [0.4, 0.5) is 0 Å². The molecule has 7 nitrogen and oxygen atoms in total. The standard InChI is InChI=1S/C14H23N3O4S2/c1-10-6-13(4-5-14(10)22(18,19)16-3)23(20,21)17-9-12(8-15)7-11(17)2/h4-6,11-12,16H,7-9,15H2,1-3H3. The fourth-order valence-electron chi connectivity index (χ4n) is 2.94. The van der Waals surface area contributed by atoms with Gasteiger partial charge in [-0.3, -0.25) is 0 Å². The molecule has 130 valence electrons. The third kappa shape index (κ3) is 3.43. The van der Waals surface area contributed by atoms with E-state index in [1.165, 1.54) is 29.6 Å². The summed E-state index contributed by atoms with van der Waals surface area (Å²) in [7, 11) is -5.95. The molecule has 0 aliphatic carbocycles. The van der Waals surface area contributed by atoms with E-state index in [0.717, 1.165) is 6.42 Å². The van der Waals surface area contributed by atoms with Gasteiger partial charge in [0.05, 0.1) is 9.79 Å². The number of hydrogen-bond donors (Lipinski definition) is 2. The van der Waals surface area contributed by atoms with Crippen LogP contribution in [0.15, 0.2) is 28.0 Å². The van der Waals surface area contributed by atoms with Gasteiger partial charge in [-0.25, -0.2) is 21.6 Å². The van der Waals surface area contributed by atoms with E-state index >= 15 is 0 Å². The predicted octanol–water partition coefficient (Wildman–Crippen LogP) is 0.261. The number of rotatable bonds is 5. The normalized spacial score (nSPS) is 23.3. The Hall–Kier alpha value is -1.00. The zero-order valence-electron chi connectivity index (χ0n) is 13.5. The summed E-state index contributed by atoms with van der Waals surface area (Å²) in [6.45, 7) is 4.30. The molecule has 0 spiro atoms. The number of nitrogens with zero attached hydrogens (tertiary/aromatic N) is 1. The van der Waals surface area contributed by atoms with Crippen molar-refractivity contribution in [3.05, 3.63) is 23.8 Å². The second-order valence-electron chi connectivity index (χ2n) is 5.90. The minimum Gasteiger partial charge on any atom is -0.330 e. The molecule has 1 fully saturated rings. The van der Waals surface area contributed by atoms with Crippen LogP contribution in [-0.2, 0) is 20.0 Å². The van der Waals surface area contributed by atoms with E-state index in [2.05, 4.69) is 4.72 Å². The van der Waals surface area contributed by atoms with Crippen molar-refractivity contribution in [1.29, 1.82) is 0 Å². The van der Waals surface area contributed by atoms with Gasteiger partial charge in [0.25, 0.3) is 0 Å². The molecule has 0 saturated carbocycles. The molecule has 0 bridgehead atoms. The first-order valence-corrected chi connectivity index (χ1v) is 10.3. The molecule has 0 aromatic heterocycles. The minimum atomic E-state index is -3.66. The molecule has 2 atom stereocenters. The maximum absolute atomic E-state index is 12.8. The summed E-state index contributed by atoms with van der Waals surface area (Å²) in [5.41, 5.74) is 6.04. The highest BCUT2D eigenvalue weighted by molar-refractivity contribution is 7.89. The molecule has 23 heavy (non-hydrogen) atoms. The zero-order chi connectivity index (χ0) is 17.4. The topological polar surface area (TPSA) is 110 Å². The van der Waals surface area contributed by atoms with Crippen LogP contribution < -0.4 is 10.5 Å². The lowest BCUT2D eigenvalue weighted by Gasteiger charge is -2.21. The Balaban J connectivity index is 2.41. The molecular formula is C14H23N3O4S2. The summed E-state index contributed by atoms with van der Waals surface area (Å²) in [5, 5.41) is 0. The highest BCUT2D eigenvalue weighted by Crippen LogP contribution is 2.30. The molecule has 0 radical (unpaired) electrons. The van der Waals surface area contributed by atoms with Gasteiger partial charge in [-0.2, -0.15) is 4.31 Å². The first kappa shape index (κ1) is 18.3. The van der Waals surface area contributed by atoms with Crippen molar-refractivity contribution in [1.82, 2.24) is 9.03 Å². The second kappa shape index (κ2) is 6.48. The fraction of sp³-hybridized carbons (Fsp3) is 0.571. The summed E-state index contributed by atoms with van der Waals surface area (Å²) in [5.74, 6) is 0.157. The number of benzene rings is 1. The molecule has 1 aliphatic heterocycles. The molecule has 9 heteroatoms. The first-order valence-electron chi connectivity index (χ1n) is 7.39. The molecule has 0 amide bonds. The summed E-state index contributed by atoms with van der Waals surface area (Å²) >= 11 is 0. The number of nitrogens with two attached hydrogens (primary N) is 1. The van der Waals surface area contributed by atoms with Crippen molar-refractivity contribution < 1.29 is 16.8 Å². The van der Waals surface area contributed by atoms with Gasteiger partial charge in [-0.1, -0.05) is 0 Å². The summed E-state index contributed by atoms with van der Waals surface area (Å²) in [6.07, 6.45) is 0.737. The molecule has 1 saturated heterocycles. The number of sulfonamides is 2. The van der Waals surface area contributed by atoms with Crippen LogP contribution in [-0.4, -0.2) is 47.3 Å². The molecular weight excluding hydrogens is 338 g/mol. The largest absolute Gasteiger partial charge is 0.330 e. The molecule has 3 N–H and O–H groups in total. The fourth-order valence-corrected chi connectivity index (χ4v) is 5.70. The maximum Gasteiger partial charge on any atom is 0.243 e. The van der Waals surface area contributed by atoms with Gasteiger partial charge in [0.2, 0.25) is 20.0 Å². The van der Waals surface area contributed by atoms with Crippen LogP contribution in [0.25, 0.3) is 0 Å². The lowest BCUT2D eigenvalue weighted by molar-refractivity contribution is 0.404. The van der Waals surface area contributed by atoms with Gasteiger partial charge in [-0.05, 0) is 63.5 Å². The van der Waals surface area contributed by atoms with Crippen molar-refractivity contribution in [3.63, 3.8) is 0 Å². The second-order valence-corrected chi connectivity index (χ2v) is 9.64. The molecule has 2 unspecified atom stereocenters. The Bertz CT molecular complexity index is 790. The Morgan fingerprint density at radius 3 is 2.43 bits per heavy atom. The van der Waals surface area contributed by atoms with E-state index in [9.17, 15) is 16.8 Å². The van der Waals surface area contributed by atoms with E-state index in [-0.39, 0.29) is 21.8 Å². The van der Waals surface area contributed by atoms with Crippen LogP contribution in [0.5, 0.6) is 0 Å². The molecule has 1 aliphatic rings. The van der Waals surface area contributed by atoms with E-state index < -0.39 is 20.0 Å². The van der Waals surface area contributed by atoms with E-state index in [4.69, 9.17) is 5.73 Å². The van der Waals surface area contributed by atoms with Gasteiger partial charge in [0.15, 0.2) is 0 Å². The lowest BCUT2D eigenvalue weighted by atomic mass is 10.1. The quantitative estimate of drug-likeness (QED) is 0.782. The lowest BCUT2D eigenvalue weighted by Crippen LogP contribution is -2.34. The highest BCUT2D eigenvalue weighted by atomic mass is 32.2. The van der Waals surface area contributed by atoms with Crippen LogP contribution in [0, 0.1) is 12.8 Å². The Morgan fingerprint density at radius 1 is 1.30 bits per heavy atom. The monoisotopic (exact) mass is 361 g/mol. The summed E-state index contributed by atoms with van der Waals surface area (Å²) in [4.78, 5) is 0.183. The molecule has 1 aromatic carbocycles. The average molecular weight is 361 g/mol. The zero-order valence-corrected chi connectivity index (χ0v) is 15.1. The number of hydrogen-bond acceptors (Lipinski definition) is 5. The van der Waals surface area contributed by atoms with Crippen LogP contribution in [0.2, 0.25) is 0 Å². The van der Waals surface area contributed by atoms with Crippen molar-refractivity contribution in [2.24, 2.45) is 11.7 Å². The molecule has 2 rings (SSSR count). The van der Waals surface area contributed by atoms with Crippen molar-refractivity contribution in [3.8, 4) is 0 Å². The Labute approximate surface area is 138 Å². The van der Waals surface area contributed by atoms with E-state index in [0.29, 0.717) is 18.7 Å². The Kier molecular flexibility index (Phi) is 5.17. The maximum atomic E-state index is 12.8. The van der Waals surface area contributed by atoms with Gasteiger partial charge in [-0.15, -0.1) is 0 Å². The van der Waals surface area contributed by atoms with Crippen LogP contribution in [0.3, 0.4) is 0 Å². The molecule has 1 heterocycles. The number of nitrogens with one attached hydrogen (secondary N) is 1. The summed E-state index contributed by atoms with van der Waals surface area (Å²) in [6, 6.07) is 3.96. The molecule has 1 aromatic rings. The smallest absolute Gasteiger partial charge is 0.243 e. The highest BCUT2D eigenvalue weighted by Gasteiger charge is 2.37. The van der Waals surface area contributed by atoms with E-state index in [1.807, 2.05) is 6.92 Å². The third-order valence-corrected chi connectivity index (χ3v) is 7.80. The van der Waals surface area contributed by atoms with E-state index in [1.54, 1.807) is 6.92 Å². The van der Waals surface area contributed by atoms with Crippen molar-refractivity contribution >= 4 is 20.0 Å². The first-order chi connectivity index (χ1) is 10.6. The average Bonchev–Trinajstić information content (AvgIpc) is 2.88. The third-order valence-electron chi connectivity index (χ3n) is 4.25. The van der Waals surface area contributed by atoms with Crippen LogP contribution in [0.1, 0.15) is 18.9 Å². The van der Waals surface area contributed by atoms with Gasteiger partial charge >= 0.3 is 0 Å². The summed E-state index contributed by atoms with van der Waals surface area (Å²) < 4.78 is 53.1. The van der Waals surface area contributed by atoms with Gasteiger partial charge < -0.3 is 5.73 Å². The minimum absolute atomic E-state index is 0.0771. The van der Waals surface area contributed by atoms with Crippen molar-refractivity contribution in [2.75, 3.05) is 20.1 Å². The van der Waals surface area contributed by atoms with Crippen LogP contribution >= 0.6 is 0 Å². The van der Waals surface area contributed by atoms with Gasteiger partial charge in [0.1, 0.15) is 0 Å². The van der Waals surface area contributed by atoms with Crippen molar-refractivity contribution in [2.45, 2.75) is 36.1 Å².